The molecule has 11 heteroatoms. The Bertz CT molecular complexity index is 1190. The number of alkyl halides is 3. The minimum Gasteiger partial charge on any atom is -0.367 e. The molecule has 5 rings (SSSR count). The highest BCUT2D eigenvalue weighted by Crippen LogP contribution is 2.33. The van der Waals surface area contributed by atoms with Gasteiger partial charge < -0.3 is 16.0 Å². The molecule has 6 nitrogen and oxygen atoms in total. The van der Waals surface area contributed by atoms with Gasteiger partial charge in [-0.25, -0.2) is 9.97 Å². The Hall–Kier alpha value is -2.43. The van der Waals surface area contributed by atoms with Crippen molar-refractivity contribution in [3.8, 4) is 0 Å². The lowest BCUT2D eigenvalue weighted by atomic mass is 9.90. The summed E-state index contributed by atoms with van der Waals surface area (Å²) in [6.45, 7) is 0.762. The number of anilines is 1. The molecule has 2 aromatic heterocycles. The van der Waals surface area contributed by atoms with E-state index in [-0.39, 0.29) is 35.3 Å². The Balaban J connectivity index is 0.00000304. The fraction of sp³-hybridized carbons (Fsp3) is 0.480. The minimum absolute atomic E-state index is 0. The van der Waals surface area contributed by atoms with Gasteiger partial charge in [0.15, 0.2) is 0 Å². The maximum absolute atomic E-state index is 12.8. The van der Waals surface area contributed by atoms with Crippen LogP contribution in [0, 0.1) is 0 Å². The second-order valence-corrected chi connectivity index (χ2v) is 10.5. The van der Waals surface area contributed by atoms with E-state index in [1.54, 1.807) is 6.07 Å². The van der Waals surface area contributed by atoms with Crippen LogP contribution in [0.1, 0.15) is 60.6 Å². The van der Waals surface area contributed by atoms with Crippen LogP contribution in [0.4, 0.5) is 19.0 Å². The van der Waals surface area contributed by atoms with E-state index in [4.69, 9.17) is 0 Å². The first-order valence-electron chi connectivity index (χ1n) is 12.0. The molecule has 2 aliphatic rings. The van der Waals surface area contributed by atoms with Crippen LogP contribution in [0.15, 0.2) is 36.7 Å². The van der Waals surface area contributed by atoms with E-state index in [1.807, 2.05) is 0 Å². The van der Waals surface area contributed by atoms with Gasteiger partial charge >= 0.3 is 6.18 Å². The molecule has 0 radical (unpaired) electrons. The normalized spacial score (nSPS) is 22.3. The lowest BCUT2D eigenvalue weighted by Crippen LogP contribution is -2.38. The number of rotatable bonds is 7. The van der Waals surface area contributed by atoms with E-state index < -0.39 is 12.6 Å². The smallest absolute Gasteiger partial charge is 0.367 e. The molecule has 3 aromatic rings. The minimum atomic E-state index is -4.24. The van der Waals surface area contributed by atoms with Gasteiger partial charge in [-0.05, 0) is 49.3 Å². The first-order valence-corrected chi connectivity index (χ1v) is 12.8. The largest absolute Gasteiger partial charge is 0.393 e. The van der Waals surface area contributed by atoms with E-state index in [0.29, 0.717) is 28.5 Å². The number of carbonyl (C=O) groups is 1. The lowest BCUT2D eigenvalue weighted by molar-refractivity contribution is -0.126. The summed E-state index contributed by atoms with van der Waals surface area (Å²) in [7, 11) is 0. The molecule has 0 spiro atoms. The van der Waals surface area contributed by atoms with Crippen molar-refractivity contribution >= 4 is 45.7 Å². The highest BCUT2D eigenvalue weighted by molar-refractivity contribution is 7.18. The molecule has 1 unspecified atom stereocenters. The van der Waals surface area contributed by atoms with Gasteiger partial charge in [0.05, 0.1) is 17.8 Å². The SMILES string of the molecule is Cl.O=C1CCC(c2ccc(CN[C@H]3CCC[C@@H](Nc4ncnc5sc(CC(F)(F)F)cc45)C3)cc2)N1. The van der Waals surface area contributed by atoms with Crippen molar-refractivity contribution in [2.75, 3.05) is 5.32 Å². The third kappa shape index (κ3) is 6.66. The standard InChI is InChI=1S/C25H28F3N5OS.ClH/c26-25(27,28)12-19-11-20-23(30-14-31-24(20)35-19)32-18-3-1-2-17(10-18)29-13-15-4-6-16(7-5-15)21-8-9-22(34)33-21;/h4-7,11,14,17-18,21,29H,1-3,8-10,12-13H2,(H,33,34)(H,30,31,32);1H/t17-,18+,21?;/m0./s1. The molecule has 36 heavy (non-hydrogen) atoms. The van der Waals surface area contributed by atoms with Gasteiger partial charge in [-0.15, -0.1) is 23.7 Å². The van der Waals surface area contributed by atoms with Crippen molar-refractivity contribution in [3.63, 3.8) is 0 Å². The van der Waals surface area contributed by atoms with Crippen LogP contribution >= 0.6 is 23.7 Å². The van der Waals surface area contributed by atoms with Gasteiger partial charge in [-0.3, -0.25) is 4.79 Å². The quantitative estimate of drug-likeness (QED) is 0.360. The van der Waals surface area contributed by atoms with Crippen LogP contribution in [0.2, 0.25) is 0 Å². The predicted octanol–water partition coefficient (Wildman–Crippen LogP) is 5.68. The van der Waals surface area contributed by atoms with Crippen LogP contribution in [0.25, 0.3) is 10.2 Å². The monoisotopic (exact) mass is 539 g/mol. The summed E-state index contributed by atoms with van der Waals surface area (Å²) in [5, 5.41) is 10.8. The summed E-state index contributed by atoms with van der Waals surface area (Å²) in [4.78, 5) is 20.8. The molecule has 194 valence electrons. The van der Waals surface area contributed by atoms with Crippen LogP contribution in [-0.4, -0.2) is 34.1 Å². The molecular weight excluding hydrogens is 511 g/mol. The average molecular weight is 540 g/mol. The maximum atomic E-state index is 12.8. The van der Waals surface area contributed by atoms with Crippen molar-refractivity contribution in [1.29, 1.82) is 0 Å². The highest BCUT2D eigenvalue weighted by atomic mass is 35.5. The van der Waals surface area contributed by atoms with Gasteiger partial charge in [0, 0.05) is 29.9 Å². The molecular formula is C25H29ClF3N5OS. The molecule has 1 amide bonds. The number of fused-ring (bicyclic) bond motifs is 1. The highest BCUT2D eigenvalue weighted by Gasteiger charge is 2.29. The second-order valence-electron chi connectivity index (χ2n) is 9.43. The Morgan fingerprint density at radius 1 is 1.08 bits per heavy atom. The Morgan fingerprint density at radius 3 is 2.58 bits per heavy atom. The number of carbonyl (C=O) groups excluding carboxylic acids is 1. The number of amides is 1. The number of halogens is 4. The first-order chi connectivity index (χ1) is 16.8. The first kappa shape index (κ1) is 26.6. The molecule has 1 saturated heterocycles. The average Bonchev–Trinajstić information content (AvgIpc) is 3.43. The Kier molecular flexibility index (Phi) is 8.37. The summed E-state index contributed by atoms with van der Waals surface area (Å²) in [6, 6.07) is 10.6. The van der Waals surface area contributed by atoms with Gasteiger partial charge in [0.2, 0.25) is 5.91 Å². The molecule has 3 atom stereocenters. The summed E-state index contributed by atoms with van der Waals surface area (Å²) < 4.78 is 38.5. The zero-order chi connectivity index (χ0) is 24.4. The topological polar surface area (TPSA) is 78.9 Å². The van der Waals surface area contributed by atoms with Crippen molar-refractivity contribution in [2.45, 2.75) is 75.8 Å². The van der Waals surface area contributed by atoms with Gasteiger partial charge in [-0.1, -0.05) is 24.3 Å². The molecule has 1 aliphatic carbocycles. The van der Waals surface area contributed by atoms with Crippen molar-refractivity contribution < 1.29 is 18.0 Å². The van der Waals surface area contributed by atoms with E-state index in [9.17, 15) is 18.0 Å². The summed E-state index contributed by atoms with van der Waals surface area (Å²) in [5.41, 5.74) is 2.34. The Morgan fingerprint density at radius 2 is 1.86 bits per heavy atom. The molecule has 1 saturated carbocycles. The summed E-state index contributed by atoms with van der Waals surface area (Å²) in [5.74, 6) is 0.726. The van der Waals surface area contributed by atoms with E-state index >= 15 is 0 Å². The molecule has 0 bridgehead atoms. The lowest BCUT2D eigenvalue weighted by Gasteiger charge is -2.31. The number of hydrogen-bond acceptors (Lipinski definition) is 6. The number of nitrogens with zero attached hydrogens (tertiary/aromatic N) is 2. The number of thiophene rings is 1. The number of nitrogens with one attached hydrogen (secondary N) is 3. The van der Waals surface area contributed by atoms with Crippen LogP contribution in [0.5, 0.6) is 0 Å². The zero-order valence-electron chi connectivity index (χ0n) is 19.6. The Labute approximate surface area is 217 Å². The predicted molar refractivity (Wildman–Crippen MR) is 137 cm³/mol. The van der Waals surface area contributed by atoms with E-state index in [1.165, 1.54) is 11.9 Å². The van der Waals surface area contributed by atoms with E-state index in [2.05, 4.69) is 50.2 Å². The van der Waals surface area contributed by atoms with Gasteiger partial charge in [-0.2, -0.15) is 13.2 Å². The van der Waals surface area contributed by atoms with Crippen molar-refractivity contribution in [2.24, 2.45) is 0 Å². The zero-order valence-corrected chi connectivity index (χ0v) is 21.2. The molecule has 2 fully saturated rings. The summed E-state index contributed by atoms with van der Waals surface area (Å²) in [6.07, 6.45) is 1.72. The third-order valence-electron chi connectivity index (χ3n) is 6.74. The fourth-order valence-corrected chi connectivity index (χ4v) is 6.03. The number of hydrogen-bond donors (Lipinski definition) is 3. The van der Waals surface area contributed by atoms with Crippen LogP contribution in [0.3, 0.4) is 0 Å². The molecule has 3 N–H and O–H groups in total. The van der Waals surface area contributed by atoms with Gasteiger partial charge in [0.25, 0.3) is 0 Å². The van der Waals surface area contributed by atoms with E-state index in [0.717, 1.165) is 55.5 Å². The molecule has 1 aliphatic heterocycles. The molecule has 1 aromatic carbocycles. The fourth-order valence-electron chi connectivity index (χ4n) is 5.00. The van der Waals surface area contributed by atoms with Crippen LogP contribution in [-0.2, 0) is 17.8 Å². The second kappa shape index (κ2) is 11.3. The maximum Gasteiger partial charge on any atom is 0.393 e. The summed E-state index contributed by atoms with van der Waals surface area (Å²) >= 11 is 1.07. The number of aromatic nitrogens is 2. The van der Waals surface area contributed by atoms with Crippen molar-refractivity contribution in [3.05, 3.63) is 52.7 Å². The van der Waals surface area contributed by atoms with Crippen LogP contribution < -0.4 is 16.0 Å². The van der Waals surface area contributed by atoms with Gasteiger partial charge in [0.1, 0.15) is 17.0 Å². The molecule has 3 heterocycles. The van der Waals surface area contributed by atoms with Crippen molar-refractivity contribution in [1.82, 2.24) is 20.6 Å². The third-order valence-corrected chi connectivity index (χ3v) is 7.79. The number of benzene rings is 1.